The van der Waals surface area contributed by atoms with Crippen LogP contribution in [0.4, 0.5) is 5.69 Å². The molecule has 0 radical (unpaired) electrons. The van der Waals surface area contributed by atoms with E-state index in [1.807, 2.05) is 36.4 Å². The molecule has 0 atom stereocenters. The average molecular weight is 526 g/mol. The van der Waals surface area contributed by atoms with Crippen LogP contribution in [0.15, 0.2) is 82.2 Å². The van der Waals surface area contributed by atoms with Crippen LogP contribution >= 0.6 is 39.9 Å². The topological polar surface area (TPSA) is 55.8 Å². The van der Waals surface area contributed by atoms with E-state index in [1.165, 1.54) is 23.8 Å². The van der Waals surface area contributed by atoms with E-state index in [4.69, 9.17) is 21.7 Å². The normalized spacial score (nSPS) is 14.7. The van der Waals surface area contributed by atoms with E-state index >= 15 is 0 Å². The Morgan fingerprint density at radius 3 is 2.47 bits per heavy atom. The van der Waals surface area contributed by atoms with E-state index in [9.17, 15) is 9.59 Å². The highest BCUT2D eigenvalue weighted by molar-refractivity contribution is 9.10. The Bertz CT molecular complexity index is 1240. The lowest BCUT2D eigenvalue weighted by Crippen LogP contribution is -2.27. The molecule has 0 aromatic heterocycles. The molecule has 0 spiro atoms. The molecule has 0 saturated carbocycles. The Labute approximate surface area is 203 Å². The number of hydrogen-bond donors (Lipinski definition) is 0. The van der Waals surface area contributed by atoms with Crippen molar-refractivity contribution in [3.8, 4) is 11.5 Å². The molecule has 1 aliphatic rings. The third-order valence-corrected chi connectivity index (χ3v) is 6.58. The Hall–Kier alpha value is -2.94. The maximum atomic E-state index is 12.9. The third-order valence-electron chi connectivity index (χ3n) is 4.59. The molecule has 1 fully saturated rings. The highest BCUT2D eigenvalue weighted by Crippen LogP contribution is 2.37. The number of nitrogens with zero attached hydrogens (tertiary/aromatic N) is 1. The first-order valence-electron chi connectivity index (χ1n) is 9.45. The predicted molar refractivity (Wildman–Crippen MR) is 134 cm³/mol. The Morgan fingerprint density at radius 2 is 1.75 bits per heavy atom. The van der Waals surface area contributed by atoms with Crippen LogP contribution in [-0.4, -0.2) is 23.3 Å². The molecule has 0 unspecified atom stereocenters. The first kappa shape index (κ1) is 22.3. The lowest BCUT2D eigenvalue weighted by atomic mass is 10.1. The smallest absolute Gasteiger partial charge is 0.344 e. The van der Waals surface area contributed by atoms with Gasteiger partial charge in [0, 0.05) is 4.47 Å². The summed E-state index contributed by atoms with van der Waals surface area (Å²) < 4.78 is 12.0. The molecule has 0 bridgehead atoms. The van der Waals surface area contributed by atoms with Crippen LogP contribution in [0.25, 0.3) is 6.08 Å². The van der Waals surface area contributed by atoms with Crippen LogP contribution in [-0.2, 0) is 4.79 Å². The summed E-state index contributed by atoms with van der Waals surface area (Å²) in [7, 11) is 1.49. The number of halogens is 1. The maximum absolute atomic E-state index is 12.9. The van der Waals surface area contributed by atoms with Crippen LogP contribution in [0.2, 0.25) is 0 Å². The molecule has 1 aliphatic heterocycles. The van der Waals surface area contributed by atoms with Crippen LogP contribution in [0.3, 0.4) is 0 Å². The number of thiocarbonyl (C=S) groups is 1. The van der Waals surface area contributed by atoms with Crippen molar-refractivity contribution in [3.63, 3.8) is 0 Å². The van der Waals surface area contributed by atoms with Crippen molar-refractivity contribution in [2.75, 3.05) is 12.0 Å². The largest absolute Gasteiger partial charge is 0.493 e. The lowest BCUT2D eigenvalue weighted by Gasteiger charge is -2.13. The quantitative estimate of drug-likeness (QED) is 0.174. The summed E-state index contributed by atoms with van der Waals surface area (Å²) in [5, 5.41) is 0. The van der Waals surface area contributed by atoms with Gasteiger partial charge in [-0.05, 0) is 64.0 Å². The lowest BCUT2D eigenvalue weighted by molar-refractivity contribution is -0.113. The molecule has 1 amide bonds. The van der Waals surface area contributed by atoms with Gasteiger partial charge in [-0.25, -0.2) is 4.79 Å². The average Bonchev–Trinajstić information content (AvgIpc) is 3.08. The van der Waals surface area contributed by atoms with Crippen molar-refractivity contribution in [1.82, 2.24) is 0 Å². The van der Waals surface area contributed by atoms with Crippen molar-refractivity contribution >= 4 is 67.9 Å². The molecule has 0 N–H and O–H groups in total. The van der Waals surface area contributed by atoms with Gasteiger partial charge < -0.3 is 9.47 Å². The molecular weight excluding hydrogens is 510 g/mol. The minimum absolute atomic E-state index is 0.186. The summed E-state index contributed by atoms with van der Waals surface area (Å²) in [4.78, 5) is 27.5. The van der Waals surface area contributed by atoms with Crippen molar-refractivity contribution in [1.29, 1.82) is 0 Å². The van der Waals surface area contributed by atoms with Gasteiger partial charge in [-0.1, -0.05) is 60.4 Å². The number of amides is 1. The third kappa shape index (κ3) is 4.62. The summed E-state index contributed by atoms with van der Waals surface area (Å²) in [6.07, 6.45) is 1.74. The number of carbonyl (C=O) groups is 2. The summed E-state index contributed by atoms with van der Waals surface area (Å²) in [6.45, 7) is 0. The van der Waals surface area contributed by atoms with Gasteiger partial charge in [-0.2, -0.15) is 0 Å². The summed E-state index contributed by atoms with van der Waals surface area (Å²) >= 11 is 9.99. The van der Waals surface area contributed by atoms with Crippen molar-refractivity contribution in [2.24, 2.45) is 0 Å². The first-order chi connectivity index (χ1) is 15.5. The number of esters is 1. The molecule has 3 aromatic carbocycles. The SMILES string of the molecule is COc1cc(/C=C2\SC(=S)N(c3ccccc3)C2=O)ccc1OC(=O)c1ccccc1Br. The minimum Gasteiger partial charge on any atom is -0.493 e. The monoisotopic (exact) mass is 525 g/mol. The van der Waals surface area contributed by atoms with E-state index < -0.39 is 5.97 Å². The van der Waals surface area contributed by atoms with Gasteiger partial charge in [0.25, 0.3) is 5.91 Å². The van der Waals surface area contributed by atoms with Crippen molar-refractivity contribution in [2.45, 2.75) is 0 Å². The minimum atomic E-state index is -0.507. The van der Waals surface area contributed by atoms with Crippen LogP contribution in [0, 0.1) is 0 Å². The number of thioether (sulfide) groups is 1. The fourth-order valence-corrected chi connectivity index (χ4v) is 4.80. The molecular formula is C24H16BrNO4S2. The number of rotatable bonds is 5. The van der Waals surface area contributed by atoms with Crippen LogP contribution in [0.1, 0.15) is 15.9 Å². The molecule has 3 aromatic rings. The predicted octanol–water partition coefficient (Wildman–Crippen LogP) is 6.08. The van der Waals surface area contributed by atoms with Gasteiger partial charge in [-0.3, -0.25) is 9.69 Å². The van der Waals surface area contributed by atoms with Gasteiger partial charge in [0.15, 0.2) is 15.8 Å². The maximum Gasteiger partial charge on any atom is 0.344 e. The van der Waals surface area contributed by atoms with E-state index in [2.05, 4.69) is 15.9 Å². The number of methoxy groups -OCH3 is 1. The number of hydrogen-bond acceptors (Lipinski definition) is 6. The summed E-state index contributed by atoms with van der Waals surface area (Å²) in [5.74, 6) is -0.0400. The first-order valence-corrected chi connectivity index (χ1v) is 11.5. The standard InChI is InChI=1S/C24H16BrNO4S2/c1-29-20-13-15(11-12-19(20)30-23(28)17-9-5-6-10-18(17)25)14-21-22(27)26(24(31)32-21)16-7-3-2-4-8-16/h2-14H,1H3/b21-14-. The molecule has 1 saturated heterocycles. The summed E-state index contributed by atoms with van der Waals surface area (Å²) in [5.41, 5.74) is 1.85. The number of benzene rings is 3. The van der Waals surface area contributed by atoms with Gasteiger partial charge >= 0.3 is 5.97 Å². The molecule has 160 valence electrons. The zero-order valence-electron chi connectivity index (χ0n) is 16.8. The molecule has 4 rings (SSSR count). The van der Waals surface area contributed by atoms with Crippen molar-refractivity contribution < 1.29 is 19.1 Å². The Kier molecular flexibility index (Phi) is 6.74. The van der Waals surface area contributed by atoms with Crippen LogP contribution in [0.5, 0.6) is 11.5 Å². The molecule has 32 heavy (non-hydrogen) atoms. The van der Waals surface area contributed by atoms with Gasteiger partial charge in [0.1, 0.15) is 0 Å². The zero-order chi connectivity index (χ0) is 22.7. The van der Waals surface area contributed by atoms with E-state index in [-0.39, 0.29) is 11.7 Å². The second-order valence-electron chi connectivity index (χ2n) is 6.63. The summed E-state index contributed by atoms with van der Waals surface area (Å²) in [6, 6.07) is 21.4. The highest BCUT2D eigenvalue weighted by atomic mass is 79.9. The fourth-order valence-electron chi connectivity index (χ4n) is 3.06. The molecule has 0 aliphatic carbocycles. The number of carbonyl (C=O) groups excluding carboxylic acids is 2. The van der Waals surface area contributed by atoms with E-state index in [0.29, 0.717) is 25.0 Å². The fraction of sp³-hybridized carbons (Fsp3) is 0.0417. The van der Waals surface area contributed by atoms with Crippen LogP contribution < -0.4 is 14.4 Å². The second kappa shape index (κ2) is 9.68. The van der Waals surface area contributed by atoms with Gasteiger partial charge in [0.2, 0.25) is 0 Å². The number of ether oxygens (including phenoxy) is 2. The van der Waals surface area contributed by atoms with E-state index in [0.717, 1.165) is 11.3 Å². The van der Waals surface area contributed by atoms with E-state index in [1.54, 1.807) is 42.5 Å². The van der Waals surface area contributed by atoms with Gasteiger partial charge in [-0.15, -0.1) is 0 Å². The zero-order valence-corrected chi connectivity index (χ0v) is 20.0. The number of para-hydroxylation sites is 1. The highest BCUT2D eigenvalue weighted by Gasteiger charge is 2.33. The Balaban J connectivity index is 1.57. The number of anilines is 1. The van der Waals surface area contributed by atoms with Gasteiger partial charge in [0.05, 0.1) is 23.3 Å². The molecule has 8 heteroatoms. The second-order valence-corrected chi connectivity index (χ2v) is 9.16. The molecule has 5 nitrogen and oxygen atoms in total. The molecule has 1 heterocycles. The Morgan fingerprint density at radius 1 is 1.03 bits per heavy atom. The van der Waals surface area contributed by atoms with Crippen molar-refractivity contribution in [3.05, 3.63) is 93.3 Å².